The van der Waals surface area contributed by atoms with Crippen molar-refractivity contribution >= 4 is 0 Å². The van der Waals surface area contributed by atoms with E-state index < -0.39 is 0 Å². The number of rotatable bonds is 6. The Bertz CT molecular complexity index is 245. The molecule has 0 aromatic rings. The molecule has 1 saturated heterocycles. The molecule has 1 heterocycles. The molecule has 0 atom stereocenters. The number of hydrogen-bond acceptors (Lipinski definition) is 1. The zero-order valence-corrected chi connectivity index (χ0v) is 12.6. The minimum absolute atomic E-state index is 0.366. The molecule has 1 rings (SSSR count). The third kappa shape index (κ3) is 4.04. The third-order valence-electron chi connectivity index (χ3n) is 3.79. The molecule has 0 spiro atoms. The van der Waals surface area contributed by atoms with E-state index in [0.29, 0.717) is 10.8 Å². The first-order valence-corrected chi connectivity index (χ1v) is 7.25. The zero-order chi connectivity index (χ0) is 13.1. The second-order valence-electron chi connectivity index (χ2n) is 7.16. The smallest absolute Gasteiger partial charge is 0.0248 e. The molecule has 1 aliphatic rings. The SMILES string of the molecule is C=C(CC(C)(C)C)N1CC(CCC)(CCC)C1. The number of allylic oxidation sites excluding steroid dienone is 1. The maximum Gasteiger partial charge on any atom is 0.0248 e. The summed E-state index contributed by atoms with van der Waals surface area (Å²) in [7, 11) is 0. The van der Waals surface area contributed by atoms with E-state index in [0.717, 1.165) is 6.42 Å². The van der Waals surface area contributed by atoms with Crippen LogP contribution in [-0.2, 0) is 0 Å². The van der Waals surface area contributed by atoms with Crippen molar-refractivity contribution in [1.82, 2.24) is 4.90 Å². The van der Waals surface area contributed by atoms with Gasteiger partial charge >= 0.3 is 0 Å². The number of nitrogens with zero attached hydrogens (tertiary/aromatic N) is 1. The Labute approximate surface area is 108 Å². The molecule has 0 bridgehead atoms. The normalized spacial score (nSPS) is 19.0. The first-order chi connectivity index (χ1) is 7.82. The summed E-state index contributed by atoms with van der Waals surface area (Å²) in [6.45, 7) is 18.3. The lowest BCUT2D eigenvalue weighted by molar-refractivity contribution is 0.00645. The highest BCUT2D eigenvalue weighted by atomic mass is 15.2. The van der Waals surface area contributed by atoms with Gasteiger partial charge in [-0.2, -0.15) is 0 Å². The second kappa shape index (κ2) is 5.46. The molecule has 1 aliphatic heterocycles. The molecular formula is C16H31N. The van der Waals surface area contributed by atoms with Crippen molar-refractivity contribution in [2.75, 3.05) is 13.1 Å². The highest BCUT2D eigenvalue weighted by Gasteiger charge is 2.41. The van der Waals surface area contributed by atoms with Crippen LogP contribution in [0.4, 0.5) is 0 Å². The van der Waals surface area contributed by atoms with Gasteiger partial charge in [0.15, 0.2) is 0 Å². The van der Waals surface area contributed by atoms with Crippen molar-refractivity contribution in [3.8, 4) is 0 Å². The van der Waals surface area contributed by atoms with Crippen molar-refractivity contribution in [1.29, 1.82) is 0 Å². The van der Waals surface area contributed by atoms with Gasteiger partial charge in [-0.3, -0.25) is 0 Å². The van der Waals surface area contributed by atoms with E-state index in [4.69, 9.17) is 0 Å². The maximum atomic E-state index is 4.27. The Kier molecular flexibility index (Phi) is 4.69. The lowest BCUT2D eigenvalue weighted by Gasteiger charge is -2.53. The fourth-order valence-corrected chi connectivity index (χ4v) is 3.21. The van der Waals surface area contributed by atoms with Crippen LogP contribution in [0.5, 0.6) is 0 Å². The summed E-state index contributed by atoms with van der Waals surface area (Å²) < 4.78 is 0. The molecule has 0 amide bonds. The van der Waals surface area contributed by atoms with Crippen LogP contribution >= 0.6 is 0 Å². The summed E-state index contributed by atoms with van der Waals surface area (Å²) in [5, 5.41) is 0. The van der Waals surface area contributed by atoms with Gasteiger partial charge in [0, 0.05) is 24.2 Å². The molecule has 1 nitrogen and oxygen atoms in total. The molecule has 1 heteroatoms. The van der Waals surface area contributed by atoms with Gasteiger partial charge in [-0.15, -0.1) is 0 Å². The topological polar surface area (TPSA) is 3.24 Å². The van der Waals surface area contributed by atoms with Gasteiger partial charge in [0.2, 0.25) is 0 Å². The van der Waals surface area contributed by atoms with Gasteiger partial charge in [0.05, 0.1) is 0 Å². The van der Waals surface area contributed by atoms with Crippen LogP contribution < -0.4 is 0 Å². The molecular weight excluding hydrogens is 206 g/mol. The van der Waals surface area contributed by atoms with Gasteiger partial charge in [0.1, 0.15) is 0 Å². The lowest BCUT2D eigenvalue weighted by atomic mass is 9.72. The fraction of sp³-hybridized carbons (Fsp3) is 0.875. The van der Waals surface area contributed by atoms with Crippen molar-refractivity contribution in [2.45, 2.75) is 66.7 Å². The number of likely N-dealkylation sites (tertiary alicyclic amines) is 1. The van der Waals surface area contributed by atoms with Crippen LogP contribution in [0.3, 0.4) is 0 Å². The van der Waals surface area contributed by atoms with Gasteiger partial charge in [-0.05, 0) is 24.7 Å². The van der Waals surface area contributed by atoms with Crippen LogP contribution in [-0.4, -0.2) is 18.0 Å². The second-order valence-corrected chi connectivity index (χ2v) is 7.16. The highest BCUT2D eigenvalue weighted by Crippen LogP contribution is 2.42. The third-order valence-corrected chi connectivity index (χ3v) is 3.79. The summed E-state index contributed by atoms with van der Waals surface area (Å²) in [6, 6.07) is 0. The first-order valence-electron chi connectivity index (χ1n) is 7.25. The fourth-order valence-electron chi connectivity index (χ4n) is 3.21. The van der Waals surface area contributed by atoms with E-state index in [1.807, 2.05) is 0 Å². The van der Waals surface area contributed by atoms with E-state index >= 15 is 0 Å². The van der Waals surface area contributed by atoms with Gasteiger partial charge < -0.3 is 4.90 Å². The van der Waals surface area contributed by atoms with Crippen LogP contribution in [0.1, 0.15) is 66.7 Å². The molecule has 0 unspecified atom stereocenters. The summed E-state index contributed by atoms with van der Waals surface area (Å²) in [6.07, 6.45) is 6.54. The van der Waals surface area contributed by atoms with Crippen LogP contribution in [0, 0.1) is 10.8 Å². The molecule has 1 fully saturated rings. The van der Waals surface area contributed by atoms with E-state index in [2.05, 4.69) is 46.1 Å². The Balaban J connectivity index is 2.45. The summed E-state index contributed by atoms with van der Waals surface area (Å²) >= 11 is 0. The highest BCUT2D eigenvalue weighted by molar-refractivity contribution is 5.07. The summed E-state index contributed by atoms with van der Waals surface area (Å²) in [5.41, 5.74) is 2.33. The molecule has 0 aromatic heterocycles. The molecule has 0 aromatic carbocycles. The van der Waals surface area contributed by atoms with Crippen LogP contribution in [0.25, 0.3) is 0 Å². The van der Waals surface area contributed by atoms with Crippen LogP contribution in [0.2, 0.25) is 0 Å². The Morgan fingerprint density at radius 3 is 1.94 bits per heavy atom. The van der Waals surface area contributed by atoms with E-state index in [1.54, 1.807) is 0 Å². The lowest BCUT2D eigenvalue weighted by Crippen LogP contribution is -2.55. The standard InChI is InChI=1S/C16H31N/c1-7-9-16(10-8-2)12-17(13-16)14(3)11-15(4,5)6/h3,7-13H2,1-2,4-6H3. The van der Waals surface area contributed by atoms with Crippen LogP contribution in [0.15, 0.2) is 12.3 Å². The Morgan fingerprint density at radius 1 is 1.12 bits per heavy atom. The Hall–Kier alpha value is -0.460. The van der Waals surface area contributed by atoms with Gasteiger partial charge in [-0.25, -0.2) is 0 Å². The minimum atomic E-state index is 0.366. The molecule has 17 heavy (non-hydrogen) atoms. The average molecular weight is 237 g/mol. The molecule has 0 aliphatic carbocycles. The van der Waals surface area contributed by atoms with Crippen molar-refractivity contribution in [2.24, 2.45) is 10.8 Å². The molecule has 0 radical (unpaired) electrons. The monoisotopic (exact) mass is 237 g/mol. The average Bonchev–Trinajstić information content (AvgIpc) is 2.10. The molecule has 0 saturated carbocycles. The van der Waals surface area contributed by atoms with Crippen molar-refractivity contribution in [3.05, 3.63) is 12.3 Å². The van der Waals surface area contributed by atoms with E-state index in [1.165, 1.54) is 44.5 Å². The minimum Gasteiger partial charge on any atom is -0.374 e. The predicted molar refractivity (Wildman–Crippen MR) is 77.0 cm³/mol. The van der Waals surface area contributed by atoms with Gasteiger partial charge in [0.25, 0.3) is 0 Å². The van der Waals surface area contributed by atoms with Crippen molar-refractivity contribution < 1.29 is 0 Å². The van der Waals surface area contributed by atoms with Crippen molar-refractivity contribution in [3.63, 3.8) is 0 Å². The predicted octanol–water partition coefficient (Wildman–Crippen LogP) is 4.84. The maximum absolute atomic E-state index is 4.27. The largest absolute Gasteiger partial charge is 0.374 e. The summed E-state index contributed by atoms with van der Waals surface area (Å²) in [5.74, 6) is 0. The van der Waals surface area contributed by atoms with Gasteiger partial charge in [-0.1, -0.05) is 54.0 Å². The van der Waals surface area contributed by atoms with E-state index in [9.17, 15) is 0 Å². The molecule has 0 N–H and O–H groups in total. The summed E-state index contributed by atoms with van der Waals surface area (Å²) in [4.78, 5) is 2.51. The zero-order valence-electron chi connectivity index (χ0n) is 12.6. The van der Waals surface area contributed by atoms with E-state index in [-0.39, 0.29) is 0 Å². The quantitative estimate of drug-likeness (QED) is 0.639. The molecule has 100 valence electrons. The Morgan fingerprint density at radius 2 is 1.59 bits per heavy atom. The first kappa shape index (κ1) is 14.6. The number of hydrogen-bond donors (Lipinski definition) is 0.